The van der Waals surface area contributed by atoms with Crippen molar-refractivity contribution in [3.63, 3.8) is 0 Å². The summed E-state index contributed by atoms with van der Waals surface area (Å²) < 4.78 is 11.2. The van der Waals surface area contributed by atoms with Crippen LogP contribution in [0.3, 0.4) is 0 Å². The van der Waals surface area contributed by atoms with Crippen molar-refractivity contribution < 1.29 is 4.42 Å². The van der Waals surface area contributed by atoms with Crippen LogP contribution in [0.2, 0.25) is 0 Å². The number of hydrogen-bond donors (Lipinski definition) is 0. The van der Waals surface area contributed by atoms with Gasteiger partial charge in [-0.1, -0.05) is 121 Å². The molecule has 51 heavy (non-hydrogen) atoms. The van der Waals surface area contributed by atoms with Gasteiger partial charge in [0.05, 0.1) is 39.1 Å². The Kier molecular flexibility index (Phi) is 5.92. The molecule has 0 atom stereocenters. The Bertz CT molecular complexity index is 3130. The van der Waals surface area contributed by atoms with Crippen LogP contribution in [0.4, 0.5) is 0 Å². The van der Waals surface area contributed by atoms with Crippen molar-refractivity contribution in [1.82, 2.24) is 14.1 Å². The quantitative estimate of drug-likeness (QED) is 0.190. The third-order valence-corrected chi connectivity index (χ3v) is 10.3. The van der Waals surface area contributed by atoms with Crippen molar-refractivity contribution in [1.29, 1.82) is 0 Å². The number of para-hydroxylation sites is 4. The van der Waals surface area contributed by atoms with Gasteiger partial charge in [0, 0.05) is 49.1 Å². The van der Waals surface area contributed by atoms with Gasteiger partial charge in [0.1, 0.15) is 11.2 Å². The van der Waals surface area contributed by atoms with Gasteiger partial charge in [0.2, 0.25) is 0 Å². The standard InChI is InChI=1S/C47H29N3O/c1-3-14-30(15-4-1)38-28-32(29-39(48-38)35-21-13-25-44-45(35)37-20-9-12-24-43(37)51-44)49-41-23-11-8-19-36(41)46-42(49)27-26-34-33-18-7-10-22-40(33)50(47(34)46)31-16-5-2-6-17-31/h1-29H. The van der Waals surface area contributed by atoms with Crippen LogP contribution in [0.25, 0.3) is 99.4 Å². The van der Waals surface area contributed by atoms with E-state index in [4.69, 9.17) is 9.40 Å². The zero-order valence-corrected chi connectivity index (χ0v) is 27.5. The zero-order valence-electron chi connectivity index (χ0n) is 27.5. The number of pyridine rings is 1. The summed E-state index contributed by atoms with van der Waals surface area (Å²) in [5.41, 5.74) is 12.5. The van der Waals surface area contributed by atoms with Gasteiger partial charge in [-0.05, 0) is 54.6 Å². The van der Waals surface area contributed by atoms with Gasteiger partial charge in [-0.25, -0.2) is 4.98 Å². The minimum Gasteiger partial charge on any atom is -0.456 e. The lowest BCUT2D eigenvalue weighted by Gasteiger charge is -2.14. The fourth-order valence-electron chi connectivity index (χ4n) is 8.16. The average Bonchev–Trinajstić information content (AvgIpc) is 3.86. The maximum atomic E-state index is 6.33. The van der Waals surface area contributed by atoms with Gasteiger partial charge >= 0.3 is 0 Å². The number of rotatable bonds is 4. The van der Waals surface area contributed by atoms with Crippen molar-refractivity contribution in [3.05, 3.63) is 176 Å². The molecule has 0 saturated heterocycles. The normalized spacial score (nSPS) is 11.9. The first-order chi connectivity index (χ1) is 25.3. The van der Waals surface area contributed by atoms with Crippen LogP contribution in [0.5, 0.6) is 0 Å². The van der Waals surface area contributed by atoms with E-state index >= 15 is 0 Å². The molecule has 0 amide bonds. The molecule has 4 heteroatoms. The summed E-state index contributed by atoms with van der Waals surface area (Å²) in [5.74, 6) is 0. The molecule has 4 nitrogen and oxygen atoms in total. The van der Waals surface area contributed by atoms with Gasteiger partial charge in [-0.2, -0.15) is 0 Å². The lowest BCUT2D eigenvalue weighted by molar-refractivity contribution is 0.669. The molecule has 0 N–H and O–H groups in total. The fourth-order valence-corrected chi connectivity index (χ4v) is 8.16. The molecule has 0 radical (unpaired) electrons. The summed E-state index contributed by atoms with van der Waals surface area (Å²) in [4.78, 5) is 5.35. The zero-order chi connectivity index (χ0) is 33.5. The Morgan fingerprint density at radius 1 is 0.392 bits per heavy atom. The summed E-state index contributed by atoms with van der Waals surface area (Å²) >= 11 is 0. The van der Waals surface area contributed by atoms with Crippen molar-refractivity contribution in [2.24, 2.45) is 0 Å². The summed E-state index contributed by atoms with van der Waals surface area (Å²) in [7, 11) is 0. The lowest BCUT2D eigenvalue weighted by Crippen LogP contribution is -1.99. The number of aromatic nitrogens is 3. The fraction of sp³-hybridized carbons (Fsp3) is 0. The molecule has 7 aromatic carbocycles. The predicted octanol–water partition coefficient (Wildman–Crippen LogP) is 12.5. The molecule has 0 saturated carbocycles. The molecule has 11 rings (SSSR count). The van der Waals surface area contributed by atoms with E-state index in [2.05, 4.69) is 167 Å². The van der Waals surface area contributed by atoms with E-state index in [9.17, 15) is 0 Å². The minimum atomic E-state index is 0.857. The number of hydrogen-bond acceptors (Lipinski definition) is 2. The summed E-state index contributed by atoms with van der Waals surface area (Å²) in [6, 6.07) is 62.3. The predicted molar refractivity (Wildman–Crippen MR) is 211 cm³/mol. The van der Waals surface area contributed by atoms with Crippen molar-refractivity contribution in [3.8, 4) is 33.9 Å². The number of furan rings is 1. The maximum absolute atomic E-state index is 6.33. The van der Waals surface area contributed by atoms with Gasteiger partial charge in [-0.15, -0.1) is 0 Å². The van der Waals surface area contributed by atoms with Crippen molar-refractivity contribution in [2.75, 3.05) is 0 Å². The molecule has 4 heterocycles. The van der Waals surface area contributed by atoms with Crippen LogP contribution in [0.1, 0.15) is 0 Å². The van der Waals surface area contributed by atoms with E-state index in [0.29, 0.717) is 0 Å². The van der Waals surface area contributed by atoms with Gasteiger partial charge in [0.15, 0.2) is 0 Å². The Labute approximate surface area is 293 Å². The average molecular weight is 652 g/mol. The second-order valence-corrected chi connectivity index (χ2v) is 13.1. The topological polar surface area (TPSA) is 35.9 Å². The Morgan fingerprint density at radius 3 is 1.86 bits per heavy atom. The Morgan fingerprint density at radius 2 is 1.04 bits per heavy atom. The molecule has 238 valence electrons. The first kappa shape index (κ1) is 28.0. The highest BCUT2D eigenvalue weighted by molar-refractivity contribution is 6.26. The van der Waals surface area contributed by atoms with Crippen LogP contribution in [-0.2, 0) is 0 Å². The van der Waals surface area contributed by atoms with Crippen LogP contribution in [-0.4, -0.2) is 14.1 Å². The highest BCUT2D eigenvalue weighted by Crippen LogP contribution is 2.43. The van der Waals surface area contributed by atoms with Gasteiger partial charge in [-0.3, -0.25) is 0 Å². The number of fused-ring (bicyclic) bond motifs is 10. The Hall–Kier alpha value is -6.91. The molecule has 0 aliphatic rings. The Balaban J connectivity index is 1.27. The van der Waals surface area contributed by atoms with E-state index in [-0.39, 0.29) is 0 Å². The molecule has 0 unspecified atom stereocenters. The summed E-state index contributed by atoms with van der Waals surface area (Å²) in [6.45, 7) is 0. The second kappa shape index (κ2) is 10.8. The van der Waals surface area contributed by atoms with Gasteiger partial charge < -0.3 is 13.6 Å². The SMILES string of the molecule is c1ccc(-c2cc(-n3c4ccccc4c4c3ccc3c5ccccc5n(-c5ccccc5)c34)cc(-c3cccc4oc5ccccc5c34)n2)cc1. The molecule has 0 aliphatic heterocycles. The summed E-state index contributed by atoms with van der Waals surface area (Å²) in [6.07, 6.45) is 0. The molecular formula is C47H29N3O. The first-order valence-corrected chi connectivity index (χ1v) is 17.3. The molecular weight excluding hydrogens is 623 g/mol. The van der Waals surface area contributed by atoms with Gasteiger partial charge in [0.25, 0.3) is 0 Å². The monoisotopic (exact) mass is 651 g/mol. The lowest BCUT2D eigenvalue weighted by atomic mass is 10.0. The largest absolute Gasteiger partial charge is 0.456 e. The highest BCUT2D eigenvalue weighted by Gasteiger charge is 2.22. The van der Waals surface area contributed by atoms with Crippen LogP contribution < -0.4 is 0 Å². The first-order valence-electron chi connectivity index (χ1n) is 17.3. The molecule has 0 spiro atoms. The number of benzene rings is 7. The summed E-state index contributed by atoms with van der Waals surface area (Å²) in [5, 5.41) is 7.08. The maximum Gasteiger partial charge on any atom is 0.136 e. The van der Waals surface area contributed by atoms with Crippen molar-refractivity contribution in [2.45, 2.75) is 0 Å². The van der Waals surface area contributed by atoms with E-state index in [1.807, 2.05) is 18.2 Å². The van der Waals surface area contributed by atoms with E-state index in [1.165, 1.54) is 32.6 Å². The van der Waals surface area contributed by atoms with E-state index in [1.54, 1.807) is 0 Å². The molecule has 0 fully saturated rings. The van der Waals surface area contributed by atoms with Crippen LogP contribution in [0.15, 0.2) is 180 Å². The van der Waals surface area contributed by atoms with Crippen LogP contribution in [0, 0.1) is 0 Å². The molecule has 0 aliphatic carbocycles. The molecule has 11 aromatic rings. The van der Waals surface area contributed by atoms with Crippen LogP contribution >= 0.6 is 0 Å². The smallest absolute Gasteiger partial charge is 0.136 e. The minimum absolute atomic E-state index is 0.857. The molecule has 4 aromatic heterocycles. The third kappa shape index (κ3) is 4.11. The third-order valence-electron chi connectivity index (χ3n) is 10.3. The second-order valence-electron chi connectivity index (χ2n) is 13.1. The van der Waals surface area contributed by atoms with Crippen molar-refractivity contribution >= 4 is 65.6 Å². The van der Waals surface area contributed by atoms with E-state index in [0.717, 1.165) is 66.9 Å². The highest BCUT2D eigenvalue weighted by atomic mass is 16.3. The van der Waals surface area contributed by atoms with E-state index < -0.39 is 0 Å². The number of nitrogens with zero attached hydrogens (tertiary/aromatic N) is 3. The molecule has 0 bridgehead atoms.